The van der Waals surface area contributed by atoms with Crippen molar-refractivity contribution in [2.24, 2.45) is 0 Å². The van der Waals surface area contributed by atoms with Crippen LogP contribution in [0.2, 0.25) is 0 Å². The minimum Gasteiger partial charge on any atom is -0.467 e. The molecule has 6 nitrogen and oxygen atoms in total. The molecule has 1 atom stereocenters. The maximum Gasteiger partial charge on any atom is 0.231 e. The fraction of sp³-hybridized carbons (Fsp3) is 0.111. The first kappa shape index (κ1) is 14.5. The predicted molar refractivity (Wildman–Crippen MR) is 89.4 cm³/mol. The summed E-state index contributed by atoms with van der Waals surface area (Å²) < 4.78 is 11.0. The molecule has 3 aromatic heterocycles. The molecule has 6 heteroatoms. The van der Waals surface area contributed by atoms with E-state index in [-0.39, 0.29) is 6.54 Å². The second-order valence-electron chi connectivity index (χ2n) is 5.33. The van der Waals surface area contributed by atoms with Crippen molar-refractivity contribution in [3.8, 4) is 11.3 Å². The van der Waals surface area contributed by atoms with E-state index < -0.39 is 6.10 Å². The zero-order valence-corrected chi connectivity index (χ0v) is 12.7. The average Bonchev–Trinajstić information content (AvgIpc) is 3.30. The third-order valence-electron chi connectivity index (χ3n) is 3.72. The number of aliphatic hydroxyl groups excluding tert-OH is 1. The SMILES string of the molecule is OC(CNc1ncnc2oc(-c3ccccc3)cc12)c1ccco1. The highest BCUT2D eigenvalue weighted by Crippen LogP contribution is 2.30. The molecule has 3 heterocycles. The number of hydrogen-bond acceptors (Lipinski definition) is 6. The summed E-state index contributed by atoms with van der Waals surface area (Å²) in [7, 11) is 0. The van der Waals surface area contributed by atoms with Crippen LogP contribution in [0.25, 0.3) is 22.4 Å². The van der Waals surface area contributed by atoms with Crippen molar-refractivity contribution in [3.63, 3.8) is 0 Å². The molecule has 120 valence electrons. The van der Waals surface area contributed by atoms with Crippen LogP contribution in [0.3, 0.4) is 0 Å². The van der Waals surface area contributed by atoms with Crippen molar-refractivity contribution in [1.29, 1.82) is 0 Å². The van der Waals surface area contributed by atoms with E-state index in [1.165, 1.54) is 12.6 Å². The number of hydrogen-bond donors (Lipinski definition) is 2. The van der Waals surface area contributed by atoms with Gasteiger partial charge >= 0.3 is 0 Å². The highest BCUT2D eigenvalue weighted by Gasteiger charge is 2.14. The summed E-state index contributed by atoms with van der Waals surface area (Å²) in [6, 6.07) is 15.2. The molecular formula is C18H15N3O3. The van der Waals surface area contributed by atoms with E-state index in [1.807, 2.05) is 36.4 Å². The Morgan fingerprint density at radius 2 is 1.96 bits per heavy atom. The van der Waals surface area contributed by atoms with E-state index in [1.54, 1.807) is 12.1 Å². The number of nitrogens with zero attached hydrogens (tertiary/aromatic N) is 2. The lowest BCUT2D eigenvalue weighted by molar-refractivity contribution is 0.162. The van der Waals surface area contributed by atoms with Crippen molar-refractivity contribution in [2.45, 2.75) is 6.10 Å². The topological polar surface area (TPSA) is 84.3 Å². The Balaban J connectivity index is 1.60. The zero-order valence-electron chi connectivity index (χ0n) is 12.7. The van der Waals surface area contributed by atoms with Crippen LogP contribution in [0.5, 0.6) is 0 Å². The van der Waals surface area contributed by atoms with E-state index in [0.29, 0.717) is 17.3 Å². The van der Waals surface area contributed by atoms with Crippen LogP contribution < -0.4 is 5.32 Å². The number of anilines is 1. The van der Waals surface area contributed by atoms with Crippen LogP contribution in [0.4, 0.5) is 5.82 Å². The van der Waals surface area contributed by atoms with Gasteiger partial charge in [0.05, 0.1) is 11.6 Å². The van der Waals surface area contributed by atoms with Gasteiger partial charge in [-0.1, -0.05) is 30.3 Å². The Morgan fingerprint density at radius 3 is 2.75 bits per heavy atom. The fourth-order valence-electron chi connectivity index (χ4n) is 2.52. The average molecular weight is 321 g/mol. The highest BCUT2D eigenvalue weighted by atomic mass is 16.4. The minimum absolute atomic E-state index is 0.269. The first-order chi connectivity index (χ1) is 11.8. The second kappa shape index (κ2) is 6.17. The lowest BCUT2D eigenvalue weighted by Crippen LogP contribution is -2.12. The summed E-state index contributed by atoms with van der Waals surface area (Å²) in [5.74, 6) is 1.84. The molecular weight excluding hydrogens is 306 g/mol. The summed E-state index contributed by atoms with van der Waals surface area (Å²) in [5.41, 5.74) is 1.47. The quantitative estimate of drug-likeness (QED) is 0.584. The molecule has 0 bridgehead atoms. The smallest absolute Gasteiger partial charge is 0.231 e. The van der Waals surface area contributed by atoms with E-state index in [2.05, 4.69) is 15.3 Å². The fourth-order valence-corrected chi connectivity index (χ4v) is 2.52. The third-order valence-corrected chi connectivity index (χ3v) is 3.72. The molecule has 0 spiro atoms. The van der Waals surface area contributed by atoms with Gasteiger partial charge in [0.1, 0.15) is 29.8 Å². The van der Waals surface area contributed by atoms with Gasteiger partial charge < -0.3 is 19.3 Å². The molecule has 0 amide bonds. The number of aliphatic hydroxyl groups is 1. The predicted octanol–water partition coefficient (Wildman–Crippen LogP) is 3.63. The van der Waals surface area contributed by atoms with Gasteiger partial charge in [-0.05, 0) is 18.2 Å². The Kier molecular flexibility index (Phi) is 3.72. The molecule has 0 aliphatic heterocycles. The van der Waals surface area contributed by atoms with E-state index in [4.69, 9.17) is 8.83 Å². The Morgan fingerprint density at radius 1 is 1.08 bits per heavy atom. The summed E-state index contributed by atoms with van der Waals surface area (Å²) in [6.07, 6.45) is 2.21. The van der Waals surface area contributed by atoms with Gasteiger partial charge in [0.15, 0.2) is 0 Å². The molecule has 1 aromatic carbocycles. The van der Waals surface area contributed by atoms with Crippen molar-refractivity contribution in [1.82, 2.24) is 9.97 Å². The van der Waals surface area contributed by atoms with Crippen LogP contribution in [0, 0.1) is 0 Å². The normalized spacial score (nSPS) is 12.4. The van der Waals surface area contributed by atoms with Crippen LogP contribution in [-0.4, -0.2) is 21.6 Å². The number of rotatable bonds is 5. The molecule has 0 aliphatic rings. The lowest BCUT2D eigenvalue weighted by Gasteiger charge is -2.10. The number of fused-ring (bicyclic) bond motifs is 1. The van der Waals surface area contributed by atoms with Crippen molar-refractivity contribution in [3.05, 3.63) is 66.9 Å². The largest absolute Gasteiger partial charge is 0.467 e. The number of furan rings is 2. The molecule has 1 unspecified atom stereocenters. The van der Waals surface area contributed by atoms with Gasteiger partial charge in [-0.2, -0.15) is 0 Å². The van der Waals surface area contributed by atoms with Crippen molar-refractivity contribution >= 4 is 16.9 Å². The molecule has 4 rings (SSSR count). The minimum atomic E-state index is -0.759. The molecule has 0 saturated heterocycles. The molecule has 4 aromatic rings. The van der Waals surface area contributed by atoms with Crippen LogP contribution in [0.1, 0.15) is 11.9 Å². The standard InChI is InChI=1S/C18H15N3O3/c22-14(15-7-4-8-23-15)10-19-17-13-9-16(12-5-2-1-3-6-12)24-18(13)21-11-20-17/h1-9,11,14,22H,10H2,(H,19,20,21). The zero-order chi connectivity index (χ0) is 16.4. The molecule has 0 saturated carbocycles. The molecule has 0 radical (unpaired) electrons. The first-order valence-electron chi connectivity index (χ1n) is 7.56. The van der Waals surface area contributed by atoms with Crippen LogP contribution >= 0.6 is 0 Å². The van der Waals surface area contributed by atoms with Gasteiger partial charge in [0.25, 0.3) is 0 Å². The van der Waals surface area contributed by atoms with E-state index in [0.717, 1.165) is 16.7 Å². The monoisotopic (exact) mass is 321 g/mol. The Bertz CT molecular complexity index is 933. The Labute approximate surface area is 137 Å². The third kappa shape index (κ3) is 2.75. The van der Waals surface area contributed by atoms with Gasteiger partial charge in [-0.3, -0.25) is 0 Å². The van der Waals surface area contributed by atoms with Crippen LogP contribution in [0.15, 0.2) is 70.0 Å². The molecule has 0 fully saturated rings. The van der Waals surface area contributed by atoms with Crippen molar-refractivity contribution < 1.29 is 13.9 Å². The van der Waals surface area contributed by atoms with E-state index >= 15 is 0 Å². The first-order valence-corrected chi connectivity index (χ1v) is 7.56. The second-order valence-corrected chi connectivity index (χ2v) is 5.33. The highest BCUT2D eigenvalue weighted by molar-refractivity contribution is 5.89. The lowest BCUT2D eigenvalue weighted by atomic mass is 10.2. The van der Waals surface area contributed by atoms with Gasteiger partial charge in [-0.15, -0.1) is 0 Å². The Hall–Kier alpha value is -3.12. The summed E-state index contributed by atoms with van der Waals surface area (Å²) >= 11 is 0. The van der Waals surface area contributed by atoms with Gasteiger partial charge in [0, 0.05) is 12.1 Å². The molecule has 0 aliphatic carbocycles. The summed E-state index contributed by atoms with van der Waals surface area (Å²) in [5, 5.41) is 14.0. The van der Waals surface area contributed by atoms with Gasteiger partial charge in [-0.25, -0.2) is 9.97 Å². The maximum atomic E-state index is 10.1. The number of nitrogens with one attached hydrogen (secondary N) is 1. The van der Waals surface area contributed by atoms with Crippen molar-refractivity contribution in [2.75, 3.05) is 11.9 Å². The number of benzene rings is 1. The van der Waals surface area contributed by atoms with Gasteiger partial charge in [0.2, 0.25) is 5.71 Å². The number of aromatic nitrogens is 2. The molecule has 24 heavy (non-hydrogen) atoms. The molecule has 2 N–H and O–H groups in total. The maximum absolute atomic E-state index is 10.1. The van der Waals surface area contributed by atoms with E-state index in [9.17, 15) is 5.11 Å². The summed E-state index contributed by atoms with van der Waals surface area (Å²) in [4.78, 5) is 8.41. The summed E-state index contributed by atoms with van der Waals surface area (Å²) in [6.45, 7) is 0.269. The van der Waals surface area contributed by atoms with Crippen LogP contribution in [-0.2, 0) is 0 Å².